The van der Waals surface area contributed by atoms with Gasteiger partial charge in [0.05, 0.1) is 12.0 Å². The Kier molecular flexibility index (Phi) is 5.84. The number of hydrogen-bond donors (Lipinski definition) is 0. The highest BCUT2D eigenvalue weighted by atomic mass is 79.9. The van der Waals surface area contributed by atoms with Crippen LogP contribution in [0.3, 0.4) is 0 Å². The van der Waals surface area contributed by atoms with Crippen LogP contribution in [0.4, 0.5) is 0 Å². The summed E-state index contributed by atoms with van der Waals surface area (Å²) in [6, 6.07) is 7.64. The summed E-state index contributed by atoms with van der Waals surface area (Å²) in [4.78, 5) is 12.8. The molecule has 0 saturated carbocycles. The third-order valence-electron chi connectivity index (χ3n) is 3.58. The zero-order chi connectivity index (χ0) is 17.0. The molecule has 0 unspecified atom stereocenters. The number of hydrogen-bond acceptors (Lipinski definition) is 3. The van der Waals surface area contributed by atoms with E-state index >= 15 is 0 Å². The van der Waals surface area contributed by atoms with Crippen LogP contribution in [-0.4, -0.2) is 11.2 Å². The predicted octanol–water partition coefficient (Wildman–Crippen LogP) is 4.47. The monoisotopic (exact) mass is 376 g/mol. The summed E-state index contributed by atoms with van der Waals surface area (Å²) in [5.74, 6) is 0.772. The van der Waals surface area contributed by atoms with Crippen LogP contribution in [0.15, 0.2) is 27.5 Å². The van der Waals surface area contributed by atoms with E-state index in [1.807, 2.05) is 26.0 Å². The third kappa shape index (κ3) is 3.76. The van der Waals surface area contributed by atoms with E-state index in [4.69, 9.17) is 4.74 Å². The van der Waals surface area contributed by atoms with Gasteiger partial charge in [0.15, 0.2) is 11.4 Å². The van der Waals surface area contributed by atoms with E-state index in [1.165, 1.54) is 0 Å². The highest BCUT2D eigenvalue weighted by Crippen LogP contribution is 2.30. The van der Waals surface area contributed by atoms with Gasteiger partial charge >= 0.3 is 0 Å². The number of nitriles is 1. The highest BCUT2D eigenvalue weighted by molar-refractivity contribution is 9.10. The van der Waals surface area contributed by atoms with Crippen molar-refractivity contribution in [1.29, 1.82) is 5.26 Å². The van der Waals surface area contributed by atoms with Gasteiger partial charge in [0.2, 0.25) is 0 Å². The molecule has 0 atom stereocenters. The van der Waals surface area contributed by atoms with Gasteiger partial charge in [-0.3, -0.25) is 9.36 Å². The molecule has 23 heavy (non-hydrogen) atoms. The van der Waals surface area contributed by atoms with E-state index < -0.39 is 0 Å². The first-order chi connectivity index (χ1) is 11.0. The summed E-state index contributed by atoms with van der Waals surface area (Å²) in [5.41, 5.74) is 0.172. The number of nitrogens with zero attached hydrogens (tertiary/aromatic N) is 2. The molecule has 0 aliphatic heterocycles. The zero-order valence-corrected chi connectivity index (χ0v) is 15.3. The summed E-state index contributed by atoms with van der Waals surface area (Å²) in [7, 11) is 0. The SMILES string of the molecule is CCCCOc1c(C#N)n(CC(C)C)c(=O)c2ccc(Br)cc12. The second-order valence-electron chi connectivity index (χ2n) is 5.99. The van der Waals surface area contributed by atoms with E-state index in [1.54, 1.807) is 10.6 Å². The average molecular weight is 377 g/mol. The topological polar surface area (TPSA) is 55.0 Å². The molecule has 1 heterocycles. The summed E-state index contributed by atoms with van der Waals surface area (Å²) < 4.78 is 8.31. The lowest BCUT2D eigenvalue weighted by atomic mass is 10.1. The number of pyridine rings is 1. The first-order valence-electron chi connectivity index (χ1n) is 7.88. The van der Waals surface area contributed by atoms with Gasteiger partial charge in [0.1, 0.15) is 6.07 Å². The Bertz CT molecular complexity index is 803. The standard InChI is InChI=1S/C18H21BrN2O2/c1-4-5-8-23-17-15-9-13(19)6-7-14(15)18(22)21(11-12(2)3)16(17)10-20/h6-7,9,12H,4-5,8,11H2,1-3H3. The van der Waals surface area contributed by atoms with Crippen molar-refractivity contribution in [2.45, 2.75) is 40.2 Å². The van der Waals surface area contributed by atoms with Crippen molar-refractivity contribution in [1.82, 2.24) is 4.57 Å². The Balaban J connectivity index is 2.75. The number of unbranched alkanes of at least 4 members (excludes halogenated alkanes) is 1. The summed E-state index contributed by atoms with van der Waals surface area (Å²) in [6.07, 6.45) is 1.92. The Labute approximate surface area is 144 Å². The fourth-order valence-corrected chi connectivity index (χ4v) is 2.86. The van der Waals surface area contributed by atoms with Gasteiger partial charge in [-0.1, -0.05) is 43.1 Å². The summed E-state index contributed by atoms with van der Waals surface area (Å²) >= 11 is 3.43. The van der Waals surface area contributed by atoms with Crippen LogP contribution < -0.4 is 10.3 Å². The predicted molar refractivity (Wildman–Crippen MR) is 95.9 cm³/mol. The minimum Gasteiger partial charge on any atom is -0.490 e. The van der Waals surface area contributed by atoms with Crippen LogP contribution in [0.2, 0.25) is 0 Å². The van der Waals surface area contributed by atoms with E-state index in [-0.39, 0.29) is 11.5 Å². The Morgan fingerprint density at radius 3 is 2.70 bits per heavy atom. The molecule has 2 rings (SSSR count). The molecule has 0 bridgehead atoms. The number of aromatic nitrogens is 1. The molecule has 0 amide bonds. The molecule has 0 radical (unpaired) electrons. The van der Waals surface area contributed by atoms with Crippen molar-refractivity contribution in [3.8, 4) is 11.8 Å². The molecule has 0 saturated heterocycles. The lowest BCUT2D eigenvalue weighted by molar-refractivity contribution is 0.307. The molecule has 0 N–H and O–H groups in total. The van der Waals surface area contributed by atoms with Gasteiger partial charge in [0.25, 0.3) is 5.56 Å². The van der Waals surface area contributed by atoms with E-state index in [9.17, 15) is 10.1 Å². The molecule has 0 spiro atoms. The maximum Gasteiger partial charge on any atom is 0.259 e. The molecule has 4 nitrogen and oxygen atoms in total. The second kappa shape index (κ2) is 7.65. The van der Waals surface area contributed by atoms with Crippen molar-refractivity contribution >= 4 is 26.7 Å². The van der Waals surface area contributed by atoms with Gasteiger partial charge in [0, 0.05) is 16.4 Å². The van der Waals surface area contributed by atoms with Crippen LogP contribution in [0.5, 0.6) is 5.75 Å². The van der Waals surface area contributed by atoms with Gasteiger partial charge in [-0.15, -0.1) is 0 Å². The number of halogens is 1. The van der Waals surface area contributed by atoms with Crippen LogP contribution in [-0.2, 0) is 6.54 Å². The van der Waals surface area contributed by atoms with Crippen LogP contribution in [0.25, 0.3) is 10.8 Å². The molecule has 1 aromatic carbocycles. The Morgan fingerprint density at radius 1 is 1.35 bits per heavy atom. The van der Waals surface area contributed by atoms with Crippen molar-refractivity contribution in [2.75, 3.05) is 6.61 Å². The average Bonchev–Trinajstić information content (AvgIpc) is 2.51. The van der Waals surface area contributed by atoms with Crippen molar-refractivity contribution in [3.05, 3.63) is 38.7 Å². The first-order valence-corrected chi connectivity index (χ1v) is 8.67. The van der Waals surface area contributed by atoms with Crippen LogP contribution in [0, 0.1) is 17.2 Å². The van der Waals surface area contributed by atoms with E-state index in [0.29, 0.717) is 35.4 Å². The highest BCUT2D eigenvalue weighted by Gasteiger charge is 2.18. The maximum atomic E-state index is 12.8. The lowest BCUT2D eigenvalue weighted by Gasteiger charge is -2.17. The van der Waals surface area contributed by atoms with Gasteiger partial charge in [-0.25, -0.2) is 0 Å². The summed E-state index contributed by atoms with van der Waals surface area (Å²) in [5, 5.41) is 10.9. The first kappa shape index (κ1) is 17.6. The zero-order valence-electron chi connectivity index (χ0n) is 13.7. The van der Waals surface area contributed by atoms with Crippen molar-refractivity contribution in [2.24, 2.45) is 5.92 Å². The molecule has 0 aliphatic carbocycles. The minimum atomic E-state index is -0.138. The van der Waals surface area contributed by atoms with Crippen molar-refractivity contribution in [3.63, 3.8) is 0 Å². The lowest BCUT2D eigenvalue weighted by Crippen LogP contribution is -2.26. The van der Waals surface area contributed by atoms with Crippen LogP contribution in [0.1, 0.15) is 39.3 Å². The van der Waals surface area contributed by atoms with Crippen molar-refractivity contribution < 1.29 is 4.74 Å². The molecule has 122 valence electrons. The Morgan fingerprint density at radius 2 is 2.09 bits per heavy atom. The quantitative estimate of drug-likeness (QED) is 0.698. The maximum absolute atomic E-state index is 12.8. The van der Waals surface area contributed by atoms with Gasteiger partial charge < -0.3 is 4.74 Å². The summed E-state index contributed by atoms with van der Waals surface area (Å²) in [6.45, 7) is 7.17. The van der Waals surface area contributed by atoms with Crippen LogP contribution >= 0.6 is 15.9 Å². The number of rotatable bonds is 6. The number of fused-ring (bicyclic) bond motifs is 1. The molecular formula is C18H21BrN2O2. The minimum absolute atomic E-state index is 0.138. The largest absolute Gasteiger partial charge is 0.490 e. The molecular weight excluding hydrogens is 356 g/mol. The fraction of sp³-hybridized carbons (Fsp3) is 0.444. The number of benzene rings is 1. The fourth-order valence-electron chi connectivity index (χ4n) is 2.50. The number of ether oxygens (including phenoxy) is 1. The normalized spacial score (nSPS) is 11.0. The van der Waals surface area contributed by atoms with Gasteiger partial charge in [-0.2, -0.15) is 5.26 Å². The van der Waals surface area contributed by atoms with E-state index in [0.717, 1.165) is 17.3 Å². The molecule has 1 aromatic heterocycles. The molecule has 0 fully saturated rings. The van der Waals surface area contributed by atoms with E-state index in [2.05, 4.69) is 28.9 Å². The molecule has 5 heteroatoms. The third-order valence-corrected chi connectivity index (χ3v) is 4.08. The Hall–Kier alpha value is -1.80. The molecule has 2 aromatic rings. The second-order valence-corrected chi connectivity index (χ2v) is 6.91. The smallest absolute Gasteiger partial charge is 0.259 e. The van der Waals surface area contributed by atoms with Gasteiger partial charge in [-0.05, 0) is 30.5 Å². The molecule has 0 aliphatic rings.